The van der Waals surface area contributed by atoms with E-state index in [0.717, 1.165) is 22.3 Å². The molecule has 0 saturated heterocycles. The molecule has 3 aromatic heterocycles. The third kappa shape index (κ3) is 2.70. The van der Waals surface area contributed by atoms with Crippen molar-refractivity contribution in [3.63, 3.8) is 0 Å². The molecule has 0 aromatic carbocycles. The van der Waals surface area contributed by atoms with E-state index < -0.39 is 0 Å². The maximum absolute atomic E-state index is 6.53. The first kappa shape index (κ1) is 16.8. The van der Waals surface area contributed by atoms with E-state index in [-0.39, 0.29) is 6.04 Å². The third-order valence-electron chi connectivity index (χ3n) is 4.60. The standard InChI is InChI=1S/C18H19ClN6O/c1-12(24-4-3-5-25(24)20)15-7-16(19)17-10-22-11-23(17)18(15)13-6-14(26-2)9-21-8-13/h3-4,6-12H,5,20H2,1-2H3. The number of nitrogens with zero attached hydrogens (tertiary/aromatic N) is 5. The van der Waals surface area contributed by atoms with Crippen molar-refractivity contribution < 1.29 is 4.74 Å². The van der Waals surface area contributed by atoms with Crippen molar-refractivity contribution in [1.29, 1.82) is 0 Å². The molecule has 1 atom stereocenters. The van der Waals surface area contributed by atoms with Crippen LogP contribution in [0.15, 0.2) is 49.3 Å². The third-order valence-corrected chi connectivity index (χ3v) is 4.90. The van der Waals surface area contributed by atoms with E-state index in [2.05, 4.69) is 16.9 Å². The molecule has 134 valence electrons. The Morgan fingerprint density at radius 3 is 2.81 bits per heavy atom. The van der Waals surface area contributed by atoms with Crippen molar-refractivity contribution in [3.8, 4) is 17.0 Å². The highest BCUT2D eigenvalue weighted by atomic mass is 35.5. The molecule has 1 aliphatic heterocycles. The molecule has 0 saturated carbocycles. The predicted octanol–water partition coefficient (Wildman–Crippen LogP) is 3.04. The highest BCUT2D eigenvalue weighted by Crippen LogP contribution is 2.37. The fraction of sp³-hybridized carbons (Fsp3) is 0.222. The van der Waals surface area contributed by atoms with E-state index in [1.807, 2.05) is 33.8 Å². The van der Waals surface area contributed by atoms with E-state index >= 15 is 0 Å². The number of rotatable bonds is 4. The number of nitrogens with two attached hydrogens (primary N) is 1. The Morgan fingerprint density at radius 2 is 2.08 bits per heavy atom. The molecular formula is C18H19ClN6O. The lowest BCUT2D eigenvalue weighted by Crippen LogP contribution is -2.42. The second kappa shape index (κ2) is 6.60. The fourth-order valence-corrected chi connectivity index (χ4v) is 3.55. The minimum atomic E-state index is -0.0377. The maximum Gasteiger partial charge on any atom is 0.137 e. The molecule has 0 aliphatic carbocycles. The Balaban J connectivity index is 1.95. The van der Waals surface area contributed by atoms with Gasteiger partial charge < -0.3 is 4.74 Å². The number of aromatic nitrogens is 3. The van der Waals surface area contributed by atoms with Gasteiger partial charge in [-0.05, 0) is 25.1 Å². The van der Waals surface area contributed by atoms with E-state index in [9.17, 15) is 0 Å². The average Bonchev–Trinajstić information content (AvgIpc) is 3.30. The lowest BCUT2D eigenvalue weighted by atomic mass is 10.0. The summed E-state index contributed by atoms with van der Waals surface area (Å²) in [6, 6.07) is 3.88. The van der Waals surface area contributed by atoms with Crippen molar-refractivity contribution in [3.05, 3.63) is 59.9 Å². The van der Waals surface area contributed by atoms with Gasteiger partial charge in [0.05, 0.1) is 54.7 Å². The smallest absolute Gasteiger partial charge is 0.137 e. The van der Waals surface area contributed by atoms with Gasteiger partial charge in [0.1, 0.15) is 5.75 Å². The van der Waals surface area contributed by atoms with Gasteiger partial charge in [0, 0.05) is 23.5 Å². The second-order valence-electron chi connectivity index (χ2n) is 6.12. The highest BCUT2D eigenvalue weighted by Gasteiger charge is 2.25. The Bertz CT molecular complexity index is 985. The van der Waals surface area contributed by atoms with E-state index in [4.69, 9.17) is 22.2 Å². The zero-order valence-corrected chi connectivity index (χ0v) is 15.3. The Kier molecular flexibility index (Phi) is 4.28. The summed E-state index contributed by atoms with van der Waals surface area (Å²) in [5.41, 5.74) is 3.71. The highest BCUT2D eigenvalue weighted by molar-refractivity contribution is 6.34. The molecule has 4 heterocycles. The van der Waals surface area contributed by atoms with Gasteiger partial charge in [-0.1, -0.05) is 11.6 Å². The average molecular weight is 371 g/mol. The number of hydrogen-bond acceptors (Lipinski definition) is 6. The molecular weight excluding hydrogens is 352 g/mol. The molecule has 3 aromatic rings. The number of hydrogen-bond donors (Lipinski definition) is 1. The molecule has 1 unspecified atom stereocenters. The lowest BCUT2D eigenvalue weighted by molar-refractivity contribution is 0.0158. The summed E-state index contributed by atoms with van der Waals surface area (Å²) in [5.74, 6) is 6.78. The van der Waals surface area contributed by atoms with Gasteiger partial charge in [0.2, 0.25) is 0 Å². The number of ether oxygens (including phenoxy) is 1. The van der Waals surface area contributed by atoms with Crippen LogP contribution < -0.4 is 10.6 Å². The summed E-state index contributed by atoms with van der Waals surface area (Å²) < 4.78 is 7.32. The largest absolute Gasteiger partial charge is 0.495 e. The Morgan fingerprint density at radius 1 is 1.23 bits per heavy atom. The van der Waals surface area contributed by atoms with Crippen LogP contribution in [0.2, 0.25) is 5.02 Å². The van der Waals surface area contributed by atoms with Gasteiger partial charge in [0.15, 0.2) is 0 Å². The Labute approximate surface area is 156 Å². The summed E-state index contributed by atoms with van der Waals surface area (Å²) in [5, 5.41) is 4.28. The zero-order chi connectivity index (χ0) is 18.3. The molecule has 0 fully saturated rings. The molecule has 7 nitrogen and oxygen atoms in total. The number of fused-ring (bicyclic) bond motifs is 1. The molecule has 2 N–H and O–H groups in total. The lowest BCUT2D eigenvalue weighted by Gasteiger charge is -2.32. The van der Waals surface area contributed by atoms with Gasteiger partial charge in [0.25, 0.3) is 0 Å². The van der Waals surface area contributed by atoms with Crippen LogP contribution in [-0.2, 0) is 0 Å². The van der Waals surface area contributed by atoms with Crippen LogP contribution in [0.3, 0.4) is 0 Å². The van der Waals surface area contributed by atoms with Crippen LogP contribution in [-0.4, -0.2) is 38.2 Å². The molecule has 0 radical (unpaired) electrons. The van der Waals surface area contributed by atoms with Crippen LogP contribution in [0, 0.1) is 0 Å². The molecule has 0 bridgehead atoms. The van der Waals surface area contributed by atoms with Crippen LogP contribution in [0.4, 0.5) is 0 Å². The molecule has 4 rings (SSSR count). The summed E-state index contributed by atoms with van der Waals surface area (Å²) in [7, 11) is 1.63. The maximum atomic E-state index is 6.53. The summed E-state index contributed by atoms with van der Waals surface area (Å²) in [4.78, 5) is 8.57. The number of imidazole rings is 1. The normalized spacial score (nSPS) is 15.8. The monoisotopic (exact) mass is 370 g/mol. The van der Waals surface area contributed by atoms with Gasteiger partial charge >= 0.3 is 0 Å². The number of hydrazine groups is 2. The van der Waals surface area contributed by atoms with E-state index in [1.165, 1.54) is 0 Å². The summed E-state index contributed by atoms with van der Waals surface area (Å²) in [6.07, 6.45) is 11.0. The van der Waals surface area contributed by atoms with Crippen LogP contribution in [0.1, 0.15) is 18.5 Å². The minimum Gasteiger partial charge on any atom is -0.495 e. The first-order chi connectivity index (χ1) is 12.6. The molecule has 26 heavy (non-hydrogen) atoms. The van der Waals surface area contributed by atoms with Crippen molar-refractivity contribution in [2.24, 2.45) is 5.84 Å². The van der Waals surface area contributed by atoms with Crippen molar-refractivity contribution in [2.45, 2.75) is 13.0 Å². The van der Waals surface area contributed by atoms with E-state index in [1.54, 1.807) is 37.1 Å². The van der Waals surface area contributed by atoms with Crippen molar-refractivity contribution in [1.82, 2.24) is 24.5 Å². The molecule has 0 spiro atoms. The van der Waals surface area contributed by atoms with Crippen LogP contribution in [0.5, 0.6) is 5.75 Å². The first-order valence-corrected chi connectivity index (χ1v) is 8.59. The predicted molar refractivity (Wildman–Crippen MR) is 100 cm³/mol. The Hall–Kier alpha value is -2.61. The van der Waals surface area contributed by atoms with Gasteiger partial charge in [-0.15, -0.1) is 0 Å². The summed E-state index contributed by atoms with van der Waals surface area (Å²) in [6.45, 7) is 2.75. The topological polar surface area (TPSA) is 71.9 Å². The molecule has 0 amide bonds. The SMILES string of the molecule is COc1cncc(-c2c(C(C)N3C=CCN3N)cc(Cl)c3cncn23)c1. The first-order valence-electron chi connectivity index (χ1n) is 8.21. The van der Waals surface area contributed by atoms with Crippen LogP contribution >= 0.6 is 11.6 Å². The van der Waals surface area contributed by atoms with Gasteiger partial charge in [-0.25, -0.2) is 4.98 Å². The van der Waals surface area contributed by atoms with Crippen molar-refractivity contribution in [2.75, 3.05) is 13.7 Å². The minimum absolute atomic E-state index is 0.0377. The van der Waals surface area contributed by atoms with Gasteiger partial charge in [-0.3, -0.25) is 20.2 Å². The number of halogens is 1. The second-order valence-corrected chi connectivity index (χ2v) is 6.53. The number of pyridine rings is 2. The molecule has 8 heteroatoms. The van der Waals surface area contributed by atoms with E-state index in [0.29, 0.717) is 17.3 Å². The quantitative estimate of drug-likeness (QED) is 0.712. The zero-order valence-electron chi connectivity index (χ0n) is 14.5. The number of methoxy groups -OCH3 is 1. The van der Waals surface area contributed by atoms with Gasteiger partial charge in [-0.2, -0.15) is 5.12 Å². The van der Waals surface area contributed by atoms with Crippen molar-refractivity contribution >= 4 is 17.1 Å². The molecule has 1 aliphatic rings. The fourth-order valence-electron chi connectivity index (χ4n) is 3.29. The van der Waals surface area contributed by atoms with Crippen LogP contribution in [0.25, 0.3) is 16.8 Å². The summed E-state index contributed by atoms with van der Waals surface area (Å²) >= 11 is 6.53.